The quantitative estimate of drug-likeness (QED) is 0.421. The number of hydrogen-bond donors (Lipinski definition) is 4. The van der Waals surface area contributed by atoms with Gasteiger partial charge in [-0.2, -0.15) is 0 Å². The number of amides is 1. The predicted octanol–water partition coefficient (Wildman–Crippen LogP) is -0.0842. The lowest BCUT2D eigenvalue weighted by Gasteiger charge is -2.28. The van der Waals surface area contributed by atoms with Gasteiger partial charge in [0.15, 0.2) is 6.61 Å². The normalized spacial score (nSPS) is 17.8. The fraction of sp³-hybridized carbons (Fsp3) is 0.882. The molecule has 1 aliphatic rings. The Labute approximate surface area is 150 Å². The zero-order valence-corrected chi connectivity index (χ0v) is 15.8. The smallest absolute Gasteiger partial charge is 0.326 e. The second-order valence-corrected chi connectivity index (χ2v) is 6.74. The van der Waals surface area contributed by atoms with Gasteiger partial charge in [-0.05, 0) is 25.2 Å². The Hall–Kier alpha value is -1.22. The number of primary amides is 1. The van der Waals surface area contributed by atoms with Crippen LogP contribution in [0.5, 0.6) is 0 Å². The first-order valence-electron chi connectivity index (χ1n) is 8.92. The first-order chi connectivity index (χ1) is 11.7. The summed E-state index contributed by atoms with van der Waals surface area (Å²) in [4.78, 5) is 22.4. The molecule has 8 nitrogen and oxygen atoms in total. The zero-order chi connectivity index (χ0) is 19.3. The van der Waals surface area contributed by atoms with Crippen LogP contribution in [-0.2, 0) is 19.1 Å². The molecule has 2 atom stereocenters. The maximum absolute atomic E-state index is 11.8. The maximum Gasteiger partial charge on any atom is 0.326 e. The lowest BCUT2D eigenvalue weighted by molar-refractivity contribution is -0.154. The van der Waals surface area contributed by atoms with E-state index in [4.69, 9.17) is 20.9 Å². The van der Waals surface area contributed by atoms with E-state index in [1.165, 1.54) is 0 Å². The Morgan fingerprint density at radius 2 is 1.88 bits per heavy atom. The number of rotatable bonds is 9. The summed E-state index contributed by atoms with van der Waals surface area (Å²) in [5.41, 5.74) is 9.58. The number of carbonyl (C=O) groups is 2. The molecule has 1 rings (SSSR count). The van der Waals surface area contributed by atoms with E-state index in [2.05, 4.69) is 19.2 Å². The average Bonchev–Trinajstić information content (AvgIpc) is 2.59. The highest BCUT2D eigenvalue weighted by molar-refractivity contribution is 5.84. The number of ether oxygens (including phenoxy) is 2. The molecule has 1 amide bonds. The van der Waals surface area contributed by atoms with Crippen molar-refractivity contribution in [2.45, 2.75) is 58.1 Å². The van der Waals surface area contributed by atoms with E-state index >= 15 is 0 Å². The second-order valence-electron chi connectivity index (χ2n) is 6.74. The lowest BCUT2D eigenvalue weighted by Crippen LogP contribution is -2.51. The average molecular weight is 361 g/mol. The summed E-state index contributed by atoms with van der Waals surface area (Å²) >= 11 is 0. The van der Waals surface area contributed by atoms with Crippen LogP contribution in [0, 0.1) is 5.92 Å². The Balaban J connectivity index is 0.000000796. The summed E-state index contributed by atoms with van der Waals surface area (Å²) in [5, 5.41) is 13.1. The highest BCUT2D eigenvalue weighted by atomic mass is 16.5. The monoisotopic (exact) mass is 361 g/mol. The van der Waals surface area contributed by atoms with Crippen molar-refractivity contribution in [3.63, 3.8) is 0 Å². The third kappa shape index (κ3) is 11.9. The van der Waals surface area contributed by atoms with Crippen LogP contribution in [0.1, 0.15) is 46.5 Å². The second kappa shape index (κ2) is 13.0. The molecule has 0 aromatic heterocycles. The highest BCUT2D eigenvalue weighted by Crippen LogP contribution is 2.20. The Kier molecular flexibility index (Phi) is 12.4. The molecular weight excluding hydrogens is 326 g/mol. The first-order valence-corrected chi connectivity index (χ1v) is 8.92. The van der Waals surface area contributed by atoms with E-state index in [9.17, 15) is 14.7 Å². The van der Waals surface area contributed by atoms with Crippen molar-refractivity contribution in [3.8, 4) is 0 Å². The molecule has 0 radical (unpaired) electrons. The van der Waals surface area contributed by atoms with Crippen molar-refractivity contribution >= 4 is 11.9 Å². The third-order valence-corrected chi connectivity index (χ3v) is 3.91. The molecular formula is C17H35N3O5. The van der Waals surface area contributed by atoms with Crippen LogP contribution in [0.2, 0.25) is 0 Å². The van der Waals surface area contributed by atoms with Crippen molar-refractivity contribution in [3.05, 3.63) is 0 Å². The van der Waals surface area contributed by atoms with Gasteiger partial charge in [-0.25, -0.2) is 0 Å². The molecule has 0 aromatic carbocycles. The minimum absolute atomic E-state index is 0.119. The predicted molar refractivity (Wildman–Crippen MR) is 95.7 cm³/mol. The van der Waals surface area contributed by atoms with Crippen molar-refractivity contribution in [1.82, 2.24) is 5.32 Å². The fourth-order valence-corrected chi connectivity index (χ4v) is 2.22. The van der Waals surface area contributed by atoms with Crippen LogP contribution in [0.3, 0.4) is 0 Å². The molecule has 0 aliphatic carbocycles. The van der Waals surface area contributed by atoms with Gasteiger partial charge in [0, 0.05) is 19.5 Å². The number of morpholine rings is 1. The van der Waals surface area contributed by atoms with Crippen molar-refractivity contribution < 1.29 is 24.2 Å². The lowest BCUT2D eigenvalue weighted by atomic mass is 9.88. The minimum atomic E-state index is -1.27. The van der Waals surface area contributed by atoms with E-state index in [0.29, 0.717) is 18.8 Å². The molecule has 8 heteroatoms. The minimum Gasteiger partial charge on any atom is -0.454 e. The van der Waals surface area contributed by atoms with E-state index in [1.54, 1.807) is 6.92 Å². The number of esters is 1. The van der Waals surface area contributed by atoms with Gasteiger partial charge < -0.3 is 31.4 Å². The van der Waals surface area contributed by atoms with Crippen LogP contribution in [0.4, 0.5) is 0 Å². The third-order valence-electron chi connectivity index (χ3n) is 3.91. The molecule has 1 fully saturated rings. The van der Waals surface area contributed by atoms with Gasteiger partial charge in [0.2, 0.25) is 0 Å². The summed E-state index contributed by atoms with van der Waals surface area (Å²) in [6, 6.07) is 0. The molecule has 1 aliphatic heterocycles. The number of aliphatic hydroxyl groups excluding tert-OH is 1. The summed E-state index contributed by atoms with van der Waals surface area (Å²) < 4.78 is 9.74. The molecule has 6 N–H and O–H groups in total. The van der Waals surface area contributed by atoms with Crippen LogP contribution in [0.25, 0.3) is 0 Å². The van der Waals surface area contributed by atoms with Crippen molar-refractivity contribution in [2.75, 3.05) is 32.9 Å². The number of hydrogen-bond acceptors (Lipinski definition) is 7. The molecule has 1 saturated heterocycles. The number of nitrogens with one attached hydrogen (secondary N) is 1. The highest BCUT2D eigenvalue weighted by Gasteiger charge is 2.36. The van der Waals surface area contributed by atoms with E-state index in [0.717, 1.165) is 32.7 Å². The van der Waals surface area contributed by atoms with Crippen molar-refractivity contribution in [2.24, 2.45) is 17.4 Å². The number of aliphatic hydroxyl groups is 1. The van der Waals surface area contributed by atoms with E-state index in [1.807, 2.05) is 0 Å². The topological polar surface area (TPSA) is 137 Å². The Morgan fingerprint density at radius 1 is 1.28 bits per heavy atom. The Morgan fingerprint density at radius 3 is 2.24 bits per heavy atom. The van der Waals surface area contributed by atoms with Crippen LogP contribution in [0.15, 0.2) is 0 Å². The van der Waals surface area contributed by atoms with E-state index in [-0.39, 0.29) is 6.42 Å². The number of nitrogens with two attached hydrogens (primary N) is 2. The first kappa shape index (κ1) is 23.8. The van der Waals surface area contributed by atoms with Crippen LogP contribution in [-0.4, -0.2) is 61.5 Å². The summed E-state index contributed by atoms with van der Waals surface area (Å²) in [6.45, 7) is 9.20. The molecule has 1 heterocycles. The molecule has 2 unspecified atom stereocenters. The van der Waals surface area contributed by atoms with Gasteiger partial charge in [-0.15, -0.1) is 0 Å². The zero-order valence-electron chi connectivity index (χ0n) is 15.8. The standard InChI is InChI=1S/C13H26N2O4.C4H9NO/c1-4-13(15,12(18)19-8-11(14)17)7-10(16)6-5-9(2)3;1-3-6-4-2-5-1/h9-10,16H,4-8,15H2,1-3H3,(H2,14,17);5H,1-4H2. The summed E-state index contributed by atoms with van der Waals surface area (Å²) in [6.07, 6.45) is 1.22. The van der Waals surface area contributed by atoms with Gasteiger partial charge in [-0.3, -0.25) is 9.59 Å². The van der Waals surface area contributed by atoms with Gasteiger partial charge in [-0.1, -0.05) is 20.8 Å². The summed E-state index contributed by atoms with van der Waals surface area (Å²) in [7, 11) is 0. The van der Waals surface area contributed by atoms with Gasteiger partial charge in [0.1, 0.15) is 5.54 Å². The molecule has 0 bridgehead atoms. The van der Waals surface area contributed by atoms with Gasteiger partial charge in [0.25, 0.3) is 5.91 Å². The molecule has 0 aromatic rings. The van der Waals surface area contributed by atoms with Crippen LogP contribution < -0.4 is 16.8 Å². The fourth-order valence-electron chi connectivity index (χ4n) is 2.22. The molecule has 25 heavy (non-hydrogen) atoms. The maximum atomic E-state index is 11.8. The van der Waals surface area contributed by atoms with Gasteiger partial charge >= 0.3 is 5.97 Å². The SMILES string of the molecule is C1COCCN1.CCC(N)(CC(O)CCC(C)C)C(=O)OCC(N)=O. The van der Waals surface area contributed by atoms with E-state index < -0.39 is 30.1 Å². The molecule has 0 spiro atoms. The molecule has 0 saturated carbocycles. The van der Waals surface area contributed by atoms with Gasteiger partial charge in [0.05, 0.1) is 19.3 Å². The van der Waals surface area contributed by atoms with Crippen molar-refractivity contribution in [1.29, 1.82) is 0 Å². The molecule has 148 valence electrons. The largest absolute Gasteiger partial charge is 0.454 e. The summed E-state index contributed by atoms with van der Waals surface area (Å²) in [5.74, 6) is -0.949. The Bertz CT molecular complexity index is 377. The van der Waals surface area contributed by atoms with Crippen LogP contribution >= 0.6 is 0 Å². The number of carbonyl (C=O) groups excluding carboxylic acids is 2.